The number of rotatable bonds is 6. The van der Waals surface area contributed by atoms with Crippen molar-refractivity contribution in [1.82, 2.24) is 0 Å². The Labute approximate surface area is 125 Å². The lowest BCUT2D eigenvalue weighted by atomic mass is 10.1. The summed E-state index contributed by atoms with van der Waals surface area (Å²) >= 11 is 0. The van der Waals surface area contributed by atoms with Gasteiger partial charge in [-0.25, -0.2) is 13.2 Å². The maximum Gasteiger partial charge on any atom is 0.340 e. The largest absolute Gasteiger partial charge is 0.462 e. The lowest BCUT2D eigenvalue weighted by molar-refractivity contribution is 0.0527. The molecule has 0 saturated heterocycles. The predicted octanol–water partition coefficient (Wildman–Crippen LogP) is 1.68. The van der Waals surface area contributed by atoms with Crippen LogP contribution in [-0.4, -0.2) is 38.5 Å². The van der Waals surface area contributed by atoms with Gasteiger partial charge in [0.2, 0.25) is 0 Å². The highest BCUT2D eigenvalue weighted by atomic mass is 32.2. The van der Waals surface area contributed by atoms with Crippen LogP contribution >= 0.6 is 0 Å². The van der Waals surface area contributed by atoms with E-state index in [2.05, 4.69) is 5.32 Å². The zero-order valence-corrected chi connectivity index (χ0v) is 13.6. The normalized spacial score (nSPS) is 12.0. The number of benzene rings is 1. The van der Waals surface area contributed by atoms with Gasteiger partial charge >= 0.3 is 5.97 Å². The van der Waals surface area contributed by atoms with Crippen LogP contribution in [0, 0.1) is 0 Å². The summed E-state index contributed by atoms with van der Waals surface area (Å²) in [6.45, 7) is 5.41. The quantitative estimate of drug-likeness (QED) is 0.612. The third kappa shape index (κ3) is 4.10. The number of carbonyl (C=O) groups is 1. The number of ether oxygens (including phenoxy) is 1. The number of hydrogen-bond acceptors (Lipinski definition) is 6. The van der Waals surface area contributed by atoms with E-state index in [0.29, 0.717) is 5.69 Å². The van der Waals surface area contributed by atoms with Crippen LogP contribution in [0.4, 0.5) is 11.4 Å². The first kappa shape index (κ1) is 17.3. The number of anilines is 2. The molecule has 0 spiro atoms. The summed E-state index contributed by atoms with van der Waals surface area (Å²) in [7, 11) is -3.22. The third-order valence-electron chi connectivity index (χ3n) is 3.31. The van der Waals surface area contributed by atoms with Crippen molar-refractivity contribution in [2.24, 2.45) is 0 Å². The number of carbonyl (C=O) groups excluding carboxylic acids is 1. The average molecular weight is 314 g/mol. The molecule has 1 aromatic carbocycles. The van der Waals surface area contributed by atoms with Crippen LogP contribution in [0.3, 0.4) is 0 Å². The van der Waals surface area contributed by atoms with Crippen molar-refractivity contribution in [3.63, 3.8) is 0 Å². The van der Waals surface area contributed by atoms with Gasteiger partial charge in [0.15, 0.2) is 9.84 Å². The summed E-state index contributed by atoms with van der Waals surface area (Å²) in [6.07, 6.45) is 1.19. The van der Waals surface area contributed by atoms with Crippen molar-refractivity contribution in [3.05, 3.63) is 23.8 Å². The summed E-state index contributed by atoms with van der Waals surface area (Å²) < 4.78 is 27.3. The van der Waals surface area contributed by atoms with Gasteiger partial charge in [-0.05, 0) is 32.9 Å². The van der Waals surface area contributed by atoms with Crippen molar-refractivity contribution < 1.29 is 17.9 Å². The van der Waals surface area contributed by atoms with Gasteiger partial charge in [0.1, 0.15) is 0 Å². The molecule has 1 aromatic rings. The smallest absolute Gasteiger partial charge is 0.340 e. The first-order chi connectivity index (χ1) is 9.60. The van der Waals surface area contributed by atoms with Crippen LogP contribution < -0.4 is 11.1 Å². The molecule has 6 nitrogen and oxygen atoms in total. The number of para-hydroxylation sites is 1. The van der Waals surface area contributed by atoms with Crippen molar-refractivity contribution in [2.75, 3.05) is 30.5 Å². The van der Waals surface area contributed by atoms with Crippen LogP contribution in [0.2, 0.25) is 0 Å². The summed E-state index contributed by atoms with van der Waals surface area (Å²) in [4.78, 5) is 11.8. The maximum atomic E-state index is 11.8. The van der Waals surface area contributed by atoms with Gasteiger partial charge in [-0.2, -0.15) is 0 Å². The standard InChI is InChI=1S/C14H22N2O4S/c1-5-20-13(17)10-7-6-8-11(12(10)15)16-9-14(2,3)21(4,18)19/h6-8,16H,5,9,15H2,1-4H3. The highest BCUT2D eigenvalue weighted by Gasteiger charge is 2.30. The lowest BCUT2D eigenvalue weighted by Gasteiger charge is -2.24. The highest BCUT2D eigenvalue weighted by molar-refractivity contribution is 7.92. The molecule has 21 heavy (non-hydrogen) atoms. The molecule has 0 aliphatic carbocycles. The fraction of sp³-hybridized carbons (Fsp3) is 0.500. The number of nitrogen functional groups attached to an aromatic ring is 1. The van der Waals surface area contributed by atoms with Crippen LogP contribution in [-0.2, 0) is 14.6 Å². The van der Waals surface area contributed by atoms with Gasteiger partial charge in [0.05, 0.1) is 28.3 Å². The molecule has 0 aromatic heterocycles. The minimum Gasteiger partial charge on any atom is -0.462 e. The highest BCUT2D eigenvalue weighted by Crippen LogP contribution is 2.25. The van der Waals surface area contributed by atoms with Gasteiger partial charge in [0, 0.05) is 12.8 Å². The second kappa shape index (κ2) is 6.34. The fourth-order valence-electron chi connectivity index (χ4n) is 1.55. The molecule has 0 radical (unpaired) electrons. The Balaban J connectivity index is 2.96. The van der Waals surface area contributed by atoms with E-state index in [4.69, 9.17) is 10.5 Å². The van der Waals surface area contributed by atoms with Gasteiger partial charge in [0.25, 0.3) is 0 Å². The number of esters is 1. The summed E-state index contributed by atoms with van der Waals surface area (Å²) in [5.74, 6) is -0.499. The molecule has 0 bridgehead atoms. The Morgan fingerprint density at radius 2 is 2.00 bits per heavy atom. The molecular weight excluding hydrogens is 292 g/mol. The van der Waals surface area contributed by atoms with E-state index < -0.39 is 20.6 Å². The van der Waals surface area contributed by atoms with Crippen molar-refractivity contribution >= 4 is 27.2 Å². The number of sulfone groups is 1. The monoisotopic (exact) mass is 314 g/mol. The van der Waals surface area contributed by atoms with Crippen molar-refractivity contribution in [1.29, 1.82) is 0 Å². The molecule has 0 fully saturated rings. The minimum absolute atomic E-state index is 0.183. The molecule has 0 aliphatic rings. The molecule has 1 rings (SSSR count). The molecule has 0 unspecified atom stereocenters. The van der Waals surface area contributed by atoms with Crippen LogP contribution in [0.5, 0.6) is 0 Å². The molecule has 7 heteroatoms. The number of nitrogens with one attached hydrogen (secondary N) is 1. The first-order valence-electron chi connectivity index (χ1n) is 6.59. The van der Waals surface area contributed by atoms with Crippen LogP contribution in [0.1, 0.15) is 31.1 Å². The zero-order valence-electron chi connectivity index (χ0n) is 12.8. The van der Waals surface area contributed by atoms with Gasteiger partial charge in [-0.15, -0.1) is 0 Å². The second-order valence-electron chi connectivity index (χ2n) is 5.37. The molecule has 0 heterocycles. The maximum absolute atomic E-state index is 11.8. The van der Waals surface area contributed by atoms with Crippen molar-refractivity contribution in [2.45, 2.75) is 25.5 Å². The molecule has 0 aliphatic heterocycles. The van der Waals surface area contributed by atoms with Gasteiger partial charge in [-0.3, -0.25) is 0 Å². The van der Waals surface area contributed by atoms with Crippen molar-refractivity contribution in [3.8, 4) is 0 Å². The molecule has 0 atom stereocenters. The summed E-state index contributed by atoms with van der Waals surface area (Å²) in [6, 6.07) is 4.93. The molecule has 3 N–H and O–H groups in total. The molecule has 0 amide bonds. The SMILES string of the molecule is CCOC(=O)c1cccc(NCC(C)(C)S(C)(=O)=O)c1N. The van der Waals surface area contributed by atoms with E-state index >= 15 is 0 Å². The van der Waals surface area contributed by atoms with E-state index in [0.717, 1.165) is 0 Å². The zero-order chi connectivity index (χ0) is 16.3. The summed E-state index contributed by atoms with van der Waals surface area (Å²) in [5.41, 5.74) is 6.96. The number of nitrogens with two attached hydrogens (primary N) is 1. The third-order valence-corrected chi connectivity index (χ3v) is 5.46. The van der Waals surface area contributed by atoms with E-state index in [1.807, 2.05) is 0 Å². The predicted molar refractivity (Wildman–Crippen MR) is 84.2 cm³/mol. The topological polar surface area (TPSA) is 98.5 Å². The lowest BCUT2D eigenvalue weighted by Crippen LogP contribution is -2.38. The van der Waals surface area contributed by atoms with E-state index in [1.165, 1.54) is 6.26 Å². The van der Waals surface area contributed by atoms with Gasteiger partial charge in [-0.1, -0.05) is 6.07 Å². The Bertz CT molecular complexity index is 624. The minimum atomic E-state index is -3.22. The Kier molecular flexibility index (Phi) is 5.22. The van der Waals surface area contributed by atoms with E-state index in [9.17, 15) is 13.2 Å². The Hall–Kier alpha value is -1.76. The molecular formula is C14H22N2O4S. The fourth-order valence-corrected chi connectivity index (χ4v) is 1.88. The number of hydrogen-bond donors (Lipinski definition) is 2. The Morgan fingerprint density at radius 1 is 1.38 bits per heavy atom. The molecule has 118 valence electrons. The van der Waals surface area contributed by atoms with Crippen LogP contribution in [0.25, 0.3) is 0 Å². The molecule has 0 saturated carbocycles. The van der Waals surface area contributed by atoms with Crippen LogP contribution in [0.15, 0.2) is 18.2 Å². The summed E-state index contributed by atoms with van der Waals surface area (Å²) in [5, 5.41) is 2.99. The van der Waals surface area contributed by atoms with E-state index in [1.54, 1.807) is 39.0 Å². The first-order valence-corrected chi connectivity index (χ1v) is 8.48. The van der Waals surface area contributed by atoms with E-state index in [-0.39, 0.29) is 24.4 Å². The second-order valence-corrected chi connectivity index (χ2v) is 8.02. The Morgan fingerprint density at radius 3 is 2.52 bits per heavy atom. The average Bonchev–Trinajstić information content (AvgIpc) is 2.36. The van der Waals surface area contributed by atoms with Gasteiger partial charge < -0.3 is 15.8 Å².